The first-order chi connectivity index (χ1) is 13.7. The molecule has 0 saturated heterocycles. The summed E-state index contributed by atoms with van der Waals surface area (Å²) in [6.07, 6.45) is 3.35. The lowest BCUT2D eigenvalue weighted by Crippen LogP contribution is -2.20. The maximum absolute atomic E-state index is 13.0. The van der Waals surface area contributed by atoms with Gasteiger partial charge < -0.3 is 16.4 Å². The van der Waals surface area contributed by atoms with Crippen molar-refractivity contribution in [2.75, 3.05) is 5.32 Å². The summed E-state index contributed by atoms with van der Waals surface area (Å²) in [5, 5.41) is 8.37. The molecule has 12 heteroatoms. The Bertz CT molecular complexity index is 965. The molecule has 2 aromatic heterocycles. The van der Waals surface area contributed by atoms with Gasteiger partial charge in [-0.2, -0.15) is 18.3 Å². The second-order valence-corrected chi connectivity index (χ2v) is 5.53. The number of hydrogen-bond acceptors (Lipinski definition) is 6. The van der Waals surface area contributed by atoms with Crippen molar-refractivity contribution >= 4 is 23.8 Å². The Hall–Kier alpha value is -3.96. The van der Waals surface area contributed by atoms with Gasteiger partial charge in [0.05, 0.1) is 24.0 Å². The van der Waals surface area contributed by atoms with Gasteiger partial charge in [0, 0.05) is 42.5 Å². The van der Waals surface area contributed by atoms with Crippen LogP contribution in [0.1, 0.15) is 11.1 Å². The Labute approximate surface area is 162 Å². The van der Waals surface area contributed by atoms with Crippen LogP contribution in [-0.2, 0) is 27.1 Å². The third-order valence-electron chi connectivity index (χ3n) is 3.40. The van der Waals surface area contributed by atoms with Gasteiger partial charge in [-0.05, 0) is 6.07 Å². The number of nitrogens with two attached hydrogens (primary N) is 1. The molecule has 9 nitrogen and oxygen atoms in total. The first-order valence-electron chi connectivity index (χ1n) is 7.92. The fourth-order valence-electron chi connectivity index (χ4n) is 2.16. The van der Waals surface area contributed by atoms with E-state index in [0.29, 0.717) is 6.41 Å². The van der Waals surface area contributed by atoms with Crippen molar-refractivity contribution in [1.82, 2.24) is 20.1 Å². The van der Waals surface area contributed by atoms with Crippen molar-refractivity contribution in [3.8, 4) is 0 Å². The van der Waals surface area contributed by atoms with E-state index in [1.54, 1.807) is 0 Å². The molecule has 0 aliphatic rings. The van der Waals surface area contributed by atoms with Crippen LogP contribution in [-0.4, -0.2) is 32.9 Å². The number of nitrogens with zero attached hydrogens (tertiary/aromatic N) is 3. The van der Waals surface area contributed by atoms with Crippen molar-refractivity contribution in [3.05, 3.63) is 66.0 Å². The highest BCUT2D eigenvalue weighted by Gasteiger charge is 2.33. The highest BCUT2D eigenvalue weighted by Crippen LogP contribution is 2.31. The molecule has 152 valence electrons. The Kier molecular flexibility index (Phi) is 6.85. The van der Waals surface area contributed by atoms with Gasteiger partial charge in [-0.1, -0.05) is 0 Å². The van der Waals surface area contributed by atoms with Crippen molar-refractivity contribution in [1.29, 1.82) is 0 Å². The summed E-state index contributed by atoms with van der Waals surface area (Å²) in [6.45, 7) is -0.225. The summed E-state index contributed by atoms with van der Waals surface area (Å²) in [5.74, 6) is -1.45. The minimum Gasteiger partial charge on any atom is -0.394 e. The number of aromatic nitrogens is 3. The monoisotopic (exact) mass is 408 g/mol. The molecule has 4 N–H and O–H groups in total. The van der Waals surface area contributed by atoms with Gasteiger partial charge in [0.2, 0.25) is 6.41 Å². The molecule has 0 fully saturated rings. The largest absolute Gasteiger partial charge is 0.416 e. The summed E-state index contributed by atoms with van der Waals surface area (Å²) >= 11 is 0. The first kappa shape index (κ1) is 21.3. The maximum Gasteiger partial charge on any atom is 0.416 e. The lowest BCUT2D eigenvalue weighted by Gasteiger charge is -2.11. The number of amides is 2. The fourth-order valence-corrected chi connectivity index (χ4v) is 2.16. The molecule has 2 rings (SSSR count). The minimum absolute atomic E-state index is 0.0956. The summed E-state index contributed by atoms with van der Waals surface area (Å²) in [7, 11) is 0. The van der Waals surface area contributed by atoms with Crippen LogP contribution >= 0.6 is 0 Å². The molecular weight excluding hydrogens is 393 g/mol. The van der Waals surface area contributed by atoms with E-state index in [4.69, 9.17) is 5.73 Å². The van der Waals surface area contributed by atoms with Gasteiger partial charge in [-0.25, -0.2) is 0 Å². The highest BCUT2D eigenvalue weighted by molar-refractivity contribution is 6.09. The van der Waals surface area contributed by atoms with Gasteiger partial charge in [0.15, 0.2) is 5.78 Å². The van der Waals surface area contributed by atoms with Crippen LogP contribution in [0.15, 0.2) is 54.9 Å². The molecule has 0 atom stereocenters. The third-order valence-corrected chi connectivity index (χ3v) is 3.40. The van der Waals surface area contributed by atoms with E-state index in [1.165, 1.54) is 17.1 Å². The van der Waals surface area contributed by atoms with Crippen molar-refractivity contribution in [2.24, 2.45) is 5.73 Å². The van der Waals surface area contributed by atoms with Crippen LogP contribution in [0.2, 0.25) is 0 Å². The number of halogens is 3. The topological polar surface area (TPSA) is 132 Å². The molecule has 0 unspecified atom stereocenters. The second kappa shape index (κ2) is 9.30. The summed E-state index contributed by atoms with van der Waals surface area (Å²) in [5.41, 5.74) is 4.33. The molecule has 0 aromatic carbocycles. The van der Waals surface area contributed by atoms with Crippen LogP contribution in [0.3, 0.4) is 0 Å². The van der Waals surface area contributed by atoms with Gasteiger partial charge in [-0.3, -0.25) is 24.0 Å². The van der Waals surface area contributed by atoms with Crippen molar-refractivity contribution in [2.45, 2.75) is 12.7 Å². The van der Waals surface area contributed by atoms with E-state index in [1.807, 2.05) is 0 Å². The van der Waals surface area contributed by atoms with Crippen LogP contribution in [0.4, 0.5) is 18.9 Å². The molecule has 0 radical (unpaired) electrons. The van der Waals surface area contributed by atoms with Gasteiger partial charge in [0.1, 0.15) is 5.70 Å². The predicted molar refractivity (Wildman–Crippen MR) is 94.8 cm³/mol. The average molecular weight is 408 g/mol. The van der Waals surface area contributed by atoms with E-state index in [0.717, 1.165) is 36.8 Å². The second-order valence-electron chi connectivity index (χ2n) is 5.53. The zero-order valence-electron chi connectivity index (χ0n) is 14.7. The Morgan fingerprint density at radius 1 is 1.28 bits per heavy atom. The van der Waals surface area contributed by atoms with Crippen LogP contribution < -0.4 is 16.4 Å². The van der Waals surface area contributed by atoms with Crippen LogP contribution in [0.5, 0.6) is 0 Å². The van der Waals surface area contributed by atoms with E-state index in [2.05, 4.69) is 20.7 Å². The van der Waals surface area contributed by atoms with E-state index in [-0.39, 0.29) is 17.8 Å². The fraction of sp³-hybridized carbons (Fsp3) is 0.118. The summed E-state index contributed by atoms with van der Waals surface area (Å²) in [4.78, 5) is 37.2. The predicted octanol–water partition coefficient (Wildman–Crippen LogP) is 0.955. The minimum atomic E-state index is -4.54. The van der Waals surface area contributed by atoms with Crippen molar-refractivity contribution < 1.29 is 27.6 Å². The molecule has 2 amide bonds. The Morgan fingerprint density at radius 3 is 2.72 bits per heavy atom. The molecule has 0 aliphatic heterocycles. The van der Waals surface area contributed by atoms with E-state index < -0.39 is 29.1 Å². The molecule has 0 spiro atoms. The summed E-state index contributed by atoms with van der Waals surface area (Å²) < 4.78 is 40.3. The lowest BCUT2D eigenvalue weighted by molar-refractivity contribution is -0.138. The lowest BCUT2D eigenvalue weighted by atomic mass is 10.1. The smallest absolute Gasteiger partial charge is 0.394 e. The molecular formula is C17H15F3N6O3. The quantitative estimate of drug-likeness (QED) is 0.440. The van der Waals surface area contributed by atoms with Crippen LogP contribution in [0, 0.1) is 0 Å². The number of carbonyl (C=O) groups excluding carboxylic acids is 3. The number of carbonyl (C=O) groups is 3. The number of pyridine rings is 1. The Balaban J connectivity index is 2.05. The molecule has 0 saturated carbocycles. The zero-order chi connectivity index (χ0) is 21.4. The van der Waals surface area contributed by atoms with Gasteiger partial charge >= 0.3 is 6.18 Å². The molecule has 2 aromatic rings. The van der Waals surface area contributed by atoms with Gasteiger partial charge in [-0.15, -0.1) is 0 Å². The molecule has 0 bridgehead atoms. The number of allylic oxidation sites excluding steroid dienone is 2. The number of alkyl halides is 3. The molecule has 2 heterocycles. The third kappa shape index (κ3) is 6.30. The average Bonchev–Trinajstić information content (AvgIpc) is 3.08. The number of anilines is 1. The zero-order valence-corrected chi connectivity index (χ0v) is 14.7. The van der Waals surface area contributed by atoms with E-state index in [9.17, 15) is 27.6 Å². The Morgan fingerprint density at radius 2 is 2.03 bits per heavy atom. The van der Waals surface area contributed by atoms with Crippen LogP contribution in [0.25, 0.3) is 0 Å². The van der Waals surface area contributed by atoms with Gasteiger partial charge in [0.25, 0.3) is 5.91 Å². The number of ketones is 1. The van der Waals surface area contributed by atoms with E-state index >= 15 is 0 Å². The first-order valence-corrected chi connectivity index (χ1v) is 7.92. The van der Waals surface area contributed by atoms with Crippen molar-refractivity contribution in [3.63, 3.8) is 0 Å². The normalized spacial score (nSPS) is 12.0. The number of nitrogens with one attached hydrogen (secondary N) is 2. The summed E-state index contributed by atoms with van der Waals surface area (Å²) in [6, 6.07) is 0.864. The highest BCUT2D eigenvalue weighted by atomic mass is 19.4. The molecule has 0 aliphatic carbocycles. The molecule has 29 heavy (non-hydrogen) atoms. The SMILES string of the molecule is NC(=CC(=O)C=CNC=O)C(=O)Nc1cnn(Cc2cnccc2C(F)(F)F)c1. The standard InChI is InChI=1S/C17H15F3N6O3/c18-17(19,20)14-2-4-22-6-11(14)8-26-9-12(7-24-26)25-16(29)15(21)5-13(28)1-3-23-10-27/h1-7,9-10H,8,21H2,(H,23,27)(H,25,29). The number of hydrogen-bond donors (Lipinski definition) is 3. The maximum atomic E-state index is 13.0. The number of rotatable bonds is 8.